The van der Waals surface area contributed by atoms with Gasteiger partial charge in [0.15, 0.2) is 0 Å². The number of carbonyl (C=O) groups is 1. The molecule has 150 valence electrons. The zero-order chi connectivity index (χ0) is 19.6. The van der Waals surface area contributed by atoms with E-state index in [2.05, 4.69) is 0 Å². The van der Waals surface area contributed by atoms with Crippen molar-refractivity contribution in [2.75, 3.05) is 26.8 Å². The van der Waals surface area contributed by atoms with Gasteiger partial charge >= 0.3 is 0 Å². The van der Waals surface area contributed by atoms with E-state index in [1.165, 1.54) is 0 Å². The molecule has 1 amide bonds. The summed E-state index contributed by atoms with van der Waals surface area (Å²) in [6.45, 7) is 5.92. The summed E-state index contributed by atoms with van der Waals surface area (Å²) < 4.78 is 6.77. The highest BCUT2D eigenvalue weighted by molar-refractivity contribution is 5.95. The maximum atomic E-state index is 13.2. The fourth-order valence-electron chi connectivity index (χ4n) is 4.75. The topological polar surface area (TPSA) is 71.8 Å². The van der Waals surface area contributed by atoms with Gasteiger partial charge in [-0.2, -0.15) is 0 Å². The number of hydrogen-bond acceptors (Lipinski definition) is 4. The Morgan fingerprint density at radius 2 is 2.11 bits per heavy atom. The first-order valence-electron chi connectivity index (χ1n) is 10.1. The van der Waals surface area contributed by atoms with Gasteiger partial charge in [0, 0.05) is 45.0 Å². The molecule has 3 rings (SSSR count). The number of rotatable bonds is 5. The molecule has 0 aromatic carbocycles. The number of ether oxygens (including phenoxy) is 1. The predicted octanol–water partition coefficient (Wildman–Crippen LogP) is 2.27. The van der Waals surface area contributed by atoms with Crippen molar-refractivity contribution in [3.8, 4) is 0 Å². The van der Waals surface area contributed by atoms with Crippen molar-refractivity contribution in [1.82, 2.24) is 9.47 Å². The molecule has 1 aliphatic heterocycles. The number of hydrogen-bond donors (Lipinski definition) is 1. The van der Waals surface area contributed by atoms with E-state index in [1.54, 1.807) is 16.6 Å². The van der Waals surface area contributed by atoms with E-state index in [9.17, 15) is 14.7 Å². The van der Waals surface area contributed by atoms with Gasteiger partial charge in [-0.15, -0.1) is 0 Å². The SMILES string of the molecule is COCCCn1c(C)cc(C)c(C(=O)N2CC[C@]3(O)CCCC[C@H]3C2)c1=O. The van der Waals surface area contributed by atoms with Crippen molar-refractivity contribution in [2.45, 2.75) is 64.5 Å². The number of likely N-dealkylation sites (tertiary alicyclic amines) is 1. The molecule has 0 spiro atoms. The lowest BCUT2D eigenvalue weighted by atomic mass is 9.71. The zero-order valence-electron chi connectivity index (χ0n) is 16.8. The van der Waals surface area contributed by atoms with Crippen LogP contribution >= 0.6 is 0 Å². The first-order valence-corrected chi connectivity index (χ1v) is 10.1. The third kappa shape index (κ3) is 3.97. The number of aromatic nitrogens is 1. The van der Waals surface area contributed by atoms with Crippen LogP contribution in [0.4, 0.5) is 0 Å². The van der Waals surface area contributed by atoms with Crippen LogP contribution in [-0.4, -0.2) is 52.9 Å². The van der Waals surface area contributed by atoms with Crippen molar-refractivity contribution in [2.24, 2.45) is 5.92 Å². The van der Waals surface area contributed by atoms with Crippen LogP contribution in [-0.2, 0) is 11.3 Å². The van der Waals surface area contributed by atoms with Crippen LogP contribution in [0.3, 0.4) is 0 Å². The van der Waals surface area contributed by atoms with Gasteiger partial charge in [0.2, 0.25) is 0 Å². The molecule has 2 fully saturated rings. The molecule has 1 aromatic heterocycles. The monoisotopic (exact) mass is 376 g/mol. The molecule has 1 saturated carbocycles. The largest absolute Gasteiger partial charge is 0.389 e. The second kappa shape index (κ2) is 8.15. The minimum Gasteiger partial charge on any atom is -0.389 e. The molecule has 2 atom stereocenters. The average Bonchev–Trinajstić information content (AvgIpc) is 2.63. The second-order valence-corrected chi connectivity index (χ2v) is 8.19. The third-order valence-corrected chi connectivity index (χ3v) is 6.36. The fraction of sp³-hybridized carbons (Fsp3) is 0.714. The van der Waals surface area contributed by atoms with E-state index >= 15 is 0 Å². The Balaban J connectivity index is 1.84. The summed E-state index contributed by atoms with van der Waals surface area (Å²) in [5, 5.41) is 10.9. The molecule has 6 heteroatoms. The van der Waals surface area contributed by atoms with Crippen LogP contribution in [0.25, 0.3) is 0 Å². The molecular weight excluding hydrogens is 344 g/mol. The highest BCUT2D eigenvalue weighted by atomic mass is 16.5. The van der Waals surface area contributed by atoms with Crippen molar-refractivity contribution in [1.29, 1.82) is 0 Å². The van der Waals surface area contributed by atoms with Crippen molar-refractivity contribution in [3.63, 3.8) is 0 Å². The van der Waals surface area contributed by atoms with Crippen molar-refractivity contribution >= 4 is 5.91 Å². The van der Waals surface area contributed by atoms with E-state index < -0.39 is 5.60 Å². The lowest BCUT2D eigenvalue weighted by Crippen LogP contribution is -2.55. The summed E-state index contributed by atoms with van der Waals surface area (Å²) in [4.78, 5) is 28.1. The maximum absolute atomic E-state index is 13.2. The Kier molecular flexibility index (Phi) is 6.06. The van der Waals surface area contributed by atoms with E-state index in [-0.39, 0.29) is 22.9 Å². The third-order valence-electron chi connectivity index (χ3n) is 6.36. The van der Waals surface area contributed by atoms with Crippen LogP contribution in [0, 0.1) is 19.8 Å². The summed E-state index contributed by atoms with van der Waals surface area (Å²) in [5.41, 5.74) is 1.04. The molecule has 1 aliphatic carbocycles. The molecule has 2 heterocycles. The number of fused-ring (bicyclic) bond motifs is 1. The van der Waals surface area contributed by atoms with Crippen LogP contribution in [0.5, 0.6) is 0 Å². The van der Waals surface area contributed by atoms with Crippen molar-refractivity contribution in [3.05, 3.63) is 33.2 Å². The molecule has 0 unspecified atom stereocenters. The molecule has 6 nitrogen and oxygen atoms in total. The summed E-state index contributed by atoms with van der Waals surface area (Å²) in [6.07, 6.45) is 5.28. The predicted molar refractivity (Wildman–Crippen MR) is 104 cm³/mol. The first kappa shape index (κ1) is 20.1. The number of nitrogens with zero attached hydrogens (tertiary/aromatic N) is 2. The quantitative estimate of drug-likeness (QED) is 0.800. The van der Waals surface area contributed by atoms with Crippen LogP contribution in [0.15, 0.2) is 10.9 Å². The lowest BCUT2D eigenvalue weighted by molar-refractivity contribution is -0.0886. The van der Waals surface area contributed by atoms with Gasteiger partial charge in [-0.1, -0.05) is 12.8 Å². The molecule has 1 saturated heterocycles. The van der Waals surface area contributed by atoms with E-state index in [0.29, 0.717) is 32.7 Å². The van der Waals surface area contributed by atoms with Gasteiger partial charge in [-0.25, -0.2) is 0 Å². The van der Waals surface area contributed by atoms with Gasteiger partial charge in [-0.05, 0) is 51.2 Å². The minimum absolute atomic E-state index is 0.124. The number of aliphatic hydroxyl groups is 1. The average molecular weight is 376 g/mol. The van der Waals surface area contributed by atoms with E-state index in [1.807, 2.05) is 19.9 Å². The van der Waals surface area contributed by atoms with E-state index in [4.69, 9.17) is 4.74 Å². The van der Waals surface area contributed by atoms with Gasteiger partial charge < -0.3 is 19.3 Å². The van der Waals surface area contributed by atoms with Crippen LogP contribution < -0.4 is 5.56 Å². The fourth-order valence-corrected chi connectivity index (χ4v) is 4.75. The molecule has 1 N–H and O–H groups in total. The van der Waals surface area contributed by atoms with Crippen LogP contribution in [0.2, 0.25) is 0 Å². The minimum atomic E-state index is -0.627. The first-order chi connectivity index (χ1) is 12.9. The summed E-state index contributed by atoms with van der Waals surface area (Å²) in [5.74, 6) is -0.0655. The molecule has 1 aromatic rings. The smallest absolute Gasteiger partial charge is 0.263 e. The van der Waals surface area contributed by atoms with Gasteiger partial charge in [0.25, 0.3) is 11.5 Å². The Hall–Kier alpha value is -1.66. The second-order valence-electron chi connectivity index (χ2n) is 8.19. The molecule has 0 bridgehead atoms. The van der Waals surface area contributed by atoms with Crippen LogP contribution in [0.1, 0.15) is 60.1 Å². The summed E-state index contributed by atoms with van der Waals surface area (Å²) in [7, 11) is 1.64. The number of methoxy groups -OCH3 is 1. The Morgan fingerprint density at radius 3 is 2.85 bits per heavy atom. The van der Waals surface area contributed by atoms with E-state index in [0.717, 1.165) is 43.4 Å². The Morgan fingerprint density at radius 1 is 1.33 bits per heavy atom. The highest BCUT2D eigenvalue weighted by Crippen LogP contribution is 2.40. The number of amides is 1. The molecule has 27 heavy (non-hydrogen) atoms. The summed E-state index contributed by atoms with van der Waals surface area (Å²) >= 11 is 0. The highest BCUT2D eigenvalue weighted by Gasteiger charge is 2.44. The lowest BCUT2D eigenvalue weighted by Gasteiger charge is -2.47. The normalized spacial score (nSPS) is 25.3. The number of piperidine rings is 1. The summed E-state index contributed by atoms with van der Waals surface area (Å²) in [6, 6.07) is 1.92. The Bertz CT molecular complexity index is 757. The molecular formula is C21H32N2O4. The molecule has 0 radical (unpaired) electrons. The molecule has 2 aliphatic rings. The Labute approximate surface area is 161 Å². The van der Waals surface area contributed by atoms with Gasteiger partial charge in [0.05, 0.1) is 5.60 Å². The maximum Gasteiger partial charge on any atom is 0.263 e. The standard InChI is InChI=1S/C21H32N2O4/c1-15-13-16(2)23(10-6-12-27-3)20(25)18(15)19(24)22-11-9-21(26)8-5-4-7-17(21)14-22/h13,17,26H,4-12,14H2,1-3H3/t17-,21+/m0/s1. The number of aryl methyl sites for hydroxylation is 2. The van der Waals surface area contributed by atoms with Gasteiger partial charge in [-0.3, -0.25) is 9.59 Å². The number of carbonyl (C=O) groups excluding carboxylic acids is 1. The van der Waals surface area contributed by atoms with Gasteiger partial charge in [0.1, 0.15) is 5.56 Å². The number of pyridine rings is 1. The van der Waals surface area contributed by atoms with Crippen molar-refractivity contribution < 1.29 is 14.6 Å². The zero-order valence-corrected chi connectivity index (χ0v) is 16.8.